The third kappa shape index (κ3) is 7.75. The highest BCUT2D eigenvalue weighted by molar-refractivity contribution is 5.79. The average Bonchev–Trinajstić information content (AvgIpc) is 3.02. The lowest BCUT2D eigenvalue weighted by Crippen LogP contribution is -2.48. The number of phenolic OH excluding ortho intramolecular Hbond substituents is 3. The molecular weight excluding hydrogens is 612 g/mol. The molecule has 2 aromatic carbocycles. The Kier molecular flexibility index (Phi) is 10.8. The van der Waals surface area contributed by atoms with E-state index in [1.807, 2.05) is 6.92 Å². The summed E-state index contributed by atoms with van der Waals surface area (Å²) in [4.78, 5) is 11.4. The van der Waals surface area contributed by atoms with Gasteiger partial charge in [-0.25, -0.2) is 4.79 Å². The zero-order valence-corrected chi connectivity index (χ0v) is 26.6. The van der Waals surface area contributed by atoms with Gasteiger partial charge >= 0.3 is 5.97 Å². The number of fused-ring (bicyclic) bond motifs is 1. The van der Waals surface area contributed by atoms with Crippen molar-refractivity contribution in [3.05, 3.63) is 65.3 Å². The Morgan fingerprint density at radius 1 is 0.979 bits per heavy atom. The first-order valence-electron chi connectivity index (χ1n) is 15.8. The zero-order valence-electron chi connectivity index (χ0n) is 26.6. The van der Waals surface area contributed by atoms with Crippen molar-refractivity contribution in [3.63, 3.8) is 0 Å². The van der Waals surface area contributed by atoms with Crippen LogP contribution < -0.4 is 4.74 Å². The van der Waals surface area contributed by atoms with Gasteiger partial charge in [0.2, 0.25) is 0 Å². The molecule has 0 amide bonds. The average molecular weight is 657 g/mol. The van der Waals surface area contributed by atoms with Gasteiger partial charge in [-0.1, -0.05) is 24.8 Å². The van der Waals surface area contributed by atoms with Gasteiger partial charge in [-0.05, 0) is 49.5 Å². The van der Waals surface area contributed by atoms with Crippen LogP contribution in [0.25, 0.3) is 5.57 Å². The van der Waals surface area contributed by atoms with Crippen molar-refractivity contribution in [2.24, 2.45) is 0 Å². The number of carbonyl (C=O) groups excluding carboxylic acids is 1. The van der Waals surface area contributed by atoms with Gasteiger partial charge in [0.25, 0.3) is 0 Å². The first-order valence-corrected chi connectivity index (χ1v) is 15.8. The second-order valence-electron chi connectivity index (χ2n) is 12.6. The summed E-state index contributed by atoms with van der Waals surface area (Å²) in [5.41, 5.74) is 3.05. The van der Waals surface area contributed by atoms with E-state index < -0.39 is 48.7 Å². The molecule has 3 aliphatic rings. The Morgan fingerprint density at radius 2 is 1.74 bits per heavy atom. The van der Waals surface area contributed by atoms with Crippen LogP contribution in [0.5, 0.6) is 23.0 Å². The molecule has 7 unspecified atom stereocenters. The molecule has 0 saturated carbocycles. The van der Waals surface area contributed by atoms with E-state index in [0.29, 0.717) is 46.2 Å². The summed E-state index contributed by atoms with van der Waals surface area (Å²) < 4.78 is 28.3. The van der Waals surface area contributed by atoms with E-state index in [4.69, 9.17) is 18.9 Å². The molecule has 0 bridgehead atoms. The molecule has 0 aromatic heterocycles. The lowest BCUT2D eigenvalue weighted by Gasteiger charge is -2.37. The van der Waals surface area contributed by atoms with Crippen molar-refractivity contribution in [2.75, 3.05) is 20.3 Å². The number of methoxy groups -OCH3 is 1. The van der Waals surface area contributed by atoms with Crippen LogP contribution in [0.3, 0.4) is 0 Å². The molecule has 0 aliphatic carbocycles. The summed E-state index contributed by atoms with van der Waals surface area (Å²) >= 11 is 0. The van der Waals surface area contributed by atoms with E-state index in [1.54, 1.807) is 12.1 Å². The summed E-state index contributed by atoms with van der Waals surface area (Å²) in [7, 11) is 1.22. The number of aliphatic hydroxyl groups excluding tert-OH is 3. The van der Waals surface area contributed by atoms with Crippen LogP contribution in [0, 0.1) is 0 Å². The molecule has 256 valence electrons. The van der Waals surface area contributed by atoms with Gasteiger partial charge in [-0.2, -0.15) is 0 Å². The highest BCUT2D eigenvalue weighted by Gasteiger charge is 2.39. The van der Waals surface area contributed by atoms with Crippen LogP contribution in [0.2, 0.25) is 0 Å². The van der Waals surface area contributed by atoms with Gasteiger partial charge < -0.3 is 54.3 Å². The van der Waals surface area contributed by atoms with Gasteiger partial charge in [0.05, 0.1) is 49.8 Å². The third-order valence-corrected chi connectivity index (χ3v) is 9.08. The van der Waals surface area contributed by atoms with E-state index in [0.717, 1.165) is 6.42 Å². The highest BCUT2D eigenvalue weighted by Crippen LogP contribution is 2.51. The summed E-state index contributed by atoms with van der Waals surface area (Å²) in [5.74, 6) is -0.794. The number of benzene rings is 2. The second kappa shape index (κ2) is 14.6. The summed E-state index contributed by atoms with van der Waals surface area (Å²) in [6.07, 6.45) is -3.67. The van der Waals surface area contributed by atoms with Crippen molar-refractivity contribution in [2.45, 2.75) is 94.3 Å². The molecule has 12 heteroatoms. The van der Waals surface area contributed by atoms with E-state index in [2.05, 4.69) is 17.9 Å². The van der Waals surface area contributed by atoms with Crippen LogP contribution in [0.1, 0.15) is 73.5 Å². The number of phenols is 3. The molecule has 6 N–H and O–H groups in total. The molecule has 0 radical (unpaired) electrons. The van der Waals surface area contributed by atoms with Gasteiger partial charge in [0.15, 0.2) is 0 Å². The Hall–Kier alpha value is -3.65. The maximum absolute atomic E-state index is 11.4. The quantitative estimate of drug-likeness (QED) is 0.162. The van der Waals surface area contributed by atoms with Gasteiger partial charge in [0.1, 0.15) is 47.9 Å². The molecule has 2 saturated heterocycles. The normalized spacial score (nSPS) is 29.1. The first kappa shape index (κ1) is 34.7. The predicted molar refractivity (Wildman–Crippen MR) is 169 cm³/mol. The Bertz CT molecular complexity index is 1490. The van der Waals surface area contributed by atoms with Gasteiger partial charge in [-0.15, -0.1) is 0 Å². The Labute approximate surface area is 273 Å². The fourth-order valence-electron chi connectivity index (χ4n) is 6.49. The minimum Gasteiger partial charge on any atom is -0.508 e. The van der Waals surface area contributed by atoms with Crippen molar-refractivity contribution < 1.29 is 59.1 Å². The highest BCUT2D eigenvalue weighted by atomic mass is 16.6. The van der Waals surface area contributed by atoms with Crippen LogP contribution in [0.4, 0.5) is 0 Å². The van der Waals surface area contributed by atoms with Crippen molar-refractivity contribution in [3.8, 4) is 23.0 Å². The number of aliphatic hydroxyl groups is 3. The number of rotatable bonds is 10. The minimum atomic E-state index is -1.28. The first-order chi connectivity index (χ1) is 22.4. The van der Waals surface area contributed by atoms with Crippen molar-refractivity contribution in [1.29, 1.82) is 0 Å². The zero-order chi connectivity index (χ0) is 34.0. The van der Waals surface area contributed by atoms with Crippen molar-refractivity contribution >= 4 is 11.5 Å². The topological polar surface area (TPSA) is 185 Å². The number of hydrogen-bond acceptors (Lipinski definition) is 12. The summed E-state index contributed by atoms with van der Waals surface area (Å²) in [6, 6.07) is 6.10. The molecule has 5 rings (SSSR count). The summed E-state index contributed by atoms with van der Waals surface area (Å²) in [6.45, 7) is 9.77. The van der Waals surface area contributed by atoms with E-state index >= 15 is 0 Å². The van der Waals surface area contributed by atoms with E-state index in [-0.39, 0.29) is 61.6 Å². The van der Waals surface area contributed by atoms with Gasteiger partial charge in [0, 0.05) is 36.5 Å². The number of ether oxygens (including phenoxy) is 5. The molecule has 3 aliphatic heterocycles. The maximum atomic E-state index is 11.4. The smallest absolute Gasteiger partial charge is 0.331 e. The second-order valence-corrected chi connectivity index (χ2v) is 12.6. The minimum absolute atomic E-state index is 0.0149. The van der Waals surface area contributed by atoms with Crippen LogP contribution in [-0.2, 0) is 30.2 Å². The van der Waals surface area contributed by atoms with Crippen LogP contribution in [0.15, 0.2) is 43.0 Å². The number of carbonyl (C=O) groups is 1. The fourth-order valence-corrected chi connectivity index (χ4v) is 6.49. The third-order valence-electron chi connectivity index (χ3n) is 9.08. The van der Waals surface area contributed by atoms with E-state index in [9.17, 15) is 35.4 Å². The van der Waals surface area contributed by atoms with E-state index in [1.165, 1.54) is 19.2 Å². The predicted octanol–water partition coefficient (Wildman–Crippen LogP) is 3.50. The number of aromatic hydroxyl groups is 3. The molecule has 2 aromatic rings. The lowest BCUT2D eigenvalue weighted by atomic mass is 9.87. The van der Waals surface area contributed by atoms with Crippen LogP contribution >= 0.6 is 0 Å². The van der Waals surface area contributed by atoms with Gasteiger partial charge in [-0.3, -0.25) is 0 Å². The standard InChI is InChI=1S/C35H44O12/c1-17(10-30-24(37)7-5-19(3)45-30)9-22-25(38)13-26(39)33-18(2)11-28(47-35(22)33)20-6-8-23(36)21(12-20)29-14-27(40)34(42)31(46-29)15-44-16-32(41)43-4/h6,8,12-13,19,24,27-31,34,36-40,42H,1-2,5,7,9-11,14-16H2,3-4H3/t19-,24?,27?,28?,29?,30?,31?,34?/m0/s1. The van der Waals surface area contributed by atoms with Crippen LogP contribution in [-0.4, -0.2) is 93.6 Å². The Morgan fingerprint density at radius 3 is 2.49 bits per heavy atom. The molecule has 2 fully saturated rings. The number of esters is 1. The summed E-state index contributed by atoms with van der Waals surface area (Å²) in [5, 5.41) is 64.1. The molecule has 8 atom stereocenters. The lowest BCUT2D eigenvalue weighted by molar-refractivity contribution is -0.189. The van der Waals surface area contributed by atoms with Crippen molar-refractivity contribution in [1.82, 2.24) is 0 Å². The molecule has 47 heavy (non-hydrogen) atoms. The fraction of sp³-hybridized carbons (Fsp3) is 0.514. The largest absolute Gasteiger partial charge is 0.508 e. The maximum Gasteiger partial charge on any atom is 0.331 e. The molecule has 3 heterocycles. The molecule has 0 spiro atoms. The molecule has 12 nitrogen and oxygen atoms in total. The molecular formula is C35H44O12. The monoisotopic (exact) mass is 656 g/mol. The number of hydrogen-bond donors (Lipinski definition) is 6. The SMILES string of the molecule is C=C(Cc1c(O)cc(O)c2c1OC(c1ccc(O)c(C3CC(O)C(O)C(COCC(=O)OC)O3)c1)CC2=C)CC1O[C@@H](C)CCC1O. The Balaban J connectivity index is 1.37.